The van der Waals surface area contributed by atoms with Crippen molar-refractivity contribution < 1.29 is 4.39 Å². The molecule has 2 rings (SSSR count). The highest BCUT2D eigenvalue weighted by atomic mass is 79.9. The molecule has 0 aromatic carbocycles. The average Bonchev–Trinajstić information content (AvgIpc) is 2.63. The van der Waals surface area contributed by atoms with E-state index >= 15 is 0 Å². The highest BCUT2D eigenvalue weighted by Crippen LogP contribution is 2.24. The lowest BCUT2D eigenvalue weighted by Gasteiger charge is -2.17. The summed E-state index contributed by atoms with van der Waals surface area (Å²) in [5, 5.41) is 2.04. The molecule has 0 radical (unpaired) electrons. The Bertz CT molecular complexity index is 530. The van der Waals surface area contributed by atoms with Crippen LogP contribution in [-0.4, -0.2) is 12.0 Å². The van der Waals surface area contributed by atoms with Gasteiger partial charge in [-0.05, 0) is 54.9 Å². The number of hydrogen-bond donors (Lipinski definition) is 0. The molecular weight excluding hydrogens is 371 g/mol. The molecule has 2 aromatic rings. The number of anilines is 1. The molecule has 0 N–H and O–H groups in total. The topological polar surface area (TPSA) is 16.1 Å². The van der Waals surface area contributed by atoms with Gasteiger partial charge in [-0.25, -0.2) is 9.37 Å². The molecule has 0 saturated heterocycles. The number of aromatic nitrogens is 1. The second kappa shape index (κ2) is 5.46. The summed E-state index contributed by atoms with van der Waals surface area (Å²) in [6.45, 7) is 0.633. The van der Waals surface area contributed by atoms with Crippen LogP contribution in [0.1, 0.15) is 5.56 Å². The van der Waals surface area contributed by atoms with Crippen molar-refractivity contribution in [3.8, 4) is 0 Å². The van der Waals surface area contributed by atoms with Gasteiger partial charge in [-0.2, -0.15) is 0 Å². The fourth-order valence-corrected chi connectivity index (χ4v) is 2.97. The van der Waals surface area contributed by atoms with Gasteiger partial charge >= 0.3 is 0 Å². The van der Waals surface area contributed by atoms with Crippen molar-refractivity contribution in [1.82, 2.24) is 4.98 Å². The Labute approximate surface area is 120 Å². The predicted molar refractivity (Wildman–Crippen MR) is 76.0 cm³/mol. The van der Waals surface area contributed by atoms with Crippen molar-refractivity contribution in [2.24, 2.45) is 0 Å². The van der Waals surface area contributed by atoms with Crippen molar-refractivity contribution in [2.75, 3.05) is 11.9 Å². The fourth-order valence-electron chi connectivity index (χ4n) is 1.47. The standard InChI is InChI=1S/C11H9Br2FN2S/c1-16(5-7-2-10(13)17-6-7)11-9(14)3-8(12)4-15-11/h2-4,6H,5H2,1H3. The molecule has 0 bridgehead atoms. The molecule has 0 spiro atoms. The molecule has 17 heavy (non-hydrogen) atoms. The molecule has 2 nitrogen and oxygen atoms in total. The number of nitrogens with zero attached hydrogens (tertiary/aromatic N) is 2. The largest absolute Gasteiger partial charge is 0.353 e. The lowest BCUT2D eigenvalue weighted by atomic mass is 10.3. The summed E-state index contributed by atoms with van der Waals surface area (Å²) in [4.78, 5) is 5.86. The Morgan fingerprint density at radius 3 is 2.76 bits per heavy atom. The van der Waals surface area contributed by atoms with E-state index in [-0.39, 0.29) is 5.82 Å². The lowest BCUT2D eigenvalue weighted by molar-refractivity contribution is 0.614. The molecule has 0 unspecified atom stereocenters. The molecule has 2 aromatic heterocycles. The monoisotopic (exact) mass is 378 g/mol. The van der Waals surface area contributed by atoms with Crippen LogP contribution in [0.2, 0.25) is 0 Å². The molecule has 0 aliphatic rings. The summed E-state index contributed by atoms with van der Waals surface area (Å²) in [6, 6.07) is 3.44. The minimum absolute atomic E-state index is 0.323. The zero-order valence-electron chi connectivity index (χ0n) is 8.95. The molecule has 6 heteroatoms. The van der Waals surface area contributed by atoms with E-state index in [9.17, 15) is 4.39 Å². The van der Waals surface area contributed by atoms with Crippen LogP contribution >= 0.6 is 43.2 Å². The summed E-state index contributed by atoms with van der Waals surface area (Å²) in [5.74, 6) is 0.0340. The van der Waals surface area contributed by atoms with E-state index in [1.807, 2.05) is 18.5 Å². The smallest absolute Gasteiger partial charge is 0.166 e. The van der Waals surface area contributed by atoms with E-state index in [4.69, 9.17) is 0 Å². The maximum absolute atomic E-state index is 13.7. The zero-order chi connectivity index (χ0) is 12.4. The average molecular weight is 380 g/mol. The highest BCUT2D eigenvalue weighted by Gasteiger charge is 2.10. The van der Waals surface area contributed by atoms with Crippen molar-refractivity contribution in [2.45, 2.75) is 6.54 Å². The number of rotatable bonds is 3. The summed E-state index contributed by atoms with van der Waals surface area (Å²) in [5.41, 5.74) is 1.13. The molecule has 0 saturated carbocycles. The molecule has 2 heterocycles. The number of pyridine rings is 1. The molecule has 0 amide bonds. The van der Waals surface area contributed by atoms with Crippen molar-refractivity contribution in [3.63, 3.8) is 0 Å². The van der Waals surface area contributed by atoms with Gasteiger partial charge in [0.2, 0.25) is 0 Å². The van der Waals surface area contributed by atoms with Crippen molar-refractivity contribution in [3.05, 3.63) is 43.3 Å². The number of halogens is 3. The fraction of sp³-hybridized carbons (Fsp3) is 0.182. The summed E-state index contributed by atoms with van der Waals surface area (Å²) in [7, 11) is 1.82. The van der Waals surface area contributed by atoms with Gasteiger partial charge < -0.3 is 4.90 Å². The lowest BCUT2D eigenvalue weighted by Crippen LogP contribution is -2.18. The first-order valence-corrected chi connectivity index (χ1v) is 7.28. The Hall–Kier alpha value is -0.460. The van der Waals surface area contributed by atoms with E-state index in [1.54, 1.807) is 22.4 Å². The molecule has 0 atom stereocenters. The zero-order valence-corrected chi connectivity index (χ0v) is 12.9. The summed E-state index contributed by atoms with van der Waals surface area (Å²) >= 11 is 8.21. The molecule has 0 aliphatic heterocycles. The highest BCUT2D eigenvalue weighted by molar-refractivity contribution is 9.11. The van der Waals surface area contributed by atoms with Gasteiger partial charge in [-0.15, -0.1) is 11.3 Å². The second-order valence-electron chi connectivity index (χ2n) is 3.57. The van der Waals surface area contributed by atoms with Gasteiger partial charge in [0.15, 0.2) is 11.6 Å². The van der Waals surface area contributed by atoms with Gasteiger partial charge in [0.25, 0.3) is 0 Å². The van der Waals surface area contributed by atoms with Gasteiger partial charge in [0.05, 0.1) is 3.79 Å². The van der Waals surface area contributed by atoms with E-state index in [2.05, 4.69) is 36.8 Å². The van der Waals surface area contributed by atoms with E-state index in [0.29, 0.717) is 16.8 Å². The van der Waals surface area contributed by atoms with Gasteiger partial charge in [0, 0.05) is 24.3 Å². The van der Waals surface area contributed by atoms with E-state index < -0.39 is 0 Å². The number of thiophene rings is 1. The maximum Gasteiger partial charge on any atom is 0.166 e. The van der Waals surface area contributed by atoms with Gasteiger partial charge in [0.1, 0.15) is 0 Å². The first kappa shape index (κ1) is 13.0. The number of hydrogen-bond acceptors (Lipinski definition) is 3. The minimum Gasteiger partial charge on any atom is -0.353 e. The first-order valence-electron chi connectivity index (χ1n) is 4.81. The SMILES string of the molecule is CN(Cc1csc(Br)c1)c1ncc(Br)cc1F. The molecule has 0 aliphatic carbocycles. The quantitative estimate of drug-likeness (QED) is 0.783. The Balaban J connectivity index is 2.17. The third kappa shape index (κ3) is 3.26. The van der Waals surface area contributed by atoms with Crippen LogP contribution in [0.4, 0.5) is 10.2 Å². The van der Waals surface area contributed by atoms with Crippen LogP contribution in [0.5, 0.6) is 0 Å². The van der Waals surface area contributed by atoms with Crippen LogP contribution < -0.4 is 4.90 Å². The Morgan fingerprint density at radius 1 is 1.41 bits per heavy atom. The third-order valence-corrected chi connectivity index (χ3v) is 4.18. The van der Waals surface area contributed by atoms with E-state index in [0.717, 1.165) is 9.35 Å². The van der Waals surface area contributed by atoms with E-state index in [1.165, 1.54) is 6.07 Å². The molecular formula is C11H9Br2FN2S. The van der Waals surface area contributed by atoms with Crippen LogP contribution in [0.15, 0.2) is 32.0 Å². The van der Waals surface area contributed by atoms with Gasteiger partial charge in [-0.3, -0.25) is 0 Å². The van der Waals surface area contributed by atoms with Crippen LogP contribution in [0, 0.1) is 5.82 Å². The molecule has 90 valence electrons. The first-order chi connectivity index (χ1) is 8.06. The van der Waals surface area contributed by atoms with Crippen molar-refractivity contribution in [1.29, 1.82) is 0 Å². The second-order valence-corrected chi connectivity index (χ2v) is 6.78. The summed E-state index contributed by atoms with van der Waals surface area (Å²) < 4.78 is 15.4. The predicted octanol–water partition coefficient (Wildman–Crippen LogP) is 4.44. The Morgan fingerprint density at radius 2 is 2.18 bits per heavy atom. The third-order valence-electron chi connectivity index (χ3n) is 2.19. The van der Waals surface area contributed by atoms with Crippen molar-refractivity contribution >= 4 is 49.0 Å². The maximum atomic E-state index is 13.7. The Kier molecular flexibility index (Phi) is 4.17. The van der Waals surface area contributed by atoms with Gasteiger partial charge in [-0.1, -0.05) is 0 Å². The summed E-state index contributed by atoms with van der Waals surface area (Å²) in [6.07, 6.45) is 1.60. The normalized spacial score (nSPS) is 10.6. The van der Waals surface area contributed by atoms with Crippen LogP contribution in [0.25, 0.3) is 0 Å². The minimum atomic E-state index is -0.323. The van der Waals surface area contributed by atoms with Crippen LogP contribution in [-0.2, 0) is 6.54 Å². The molecule has 0 fully saturated rings. The van der Waals surface area contributed by atoms with Crippen LogP contribution in [0.3, 0.4) is 0 Å².